The number of oxazole rings is 1. The minimum atomic E-state index is -4.66. The Morgan fingerprint density at radius 3 is 2.60 bits per heavy atom. The summed E-state index contributed by atoms with van der Waals surface area (Å²) in [5.41, 5.74) is -1.76. The summed E-state index contributed by atoms with van der Waals surface area (Å²) >= 11 is 6.13. The first-order valence-electron chi connectivity index (χ1n) is 6.99. The fourth-order valence-corrected chi connectivity index (χ4v) is 2.83. The molecule has 0 radical (unpaired) electrons. The van der Waals surface area contributed by atoms with Crippen LogP contribution in [0.2, 0.25) is 5.02 Å². The van der Waals surface area contributed by atoms with Crippen molar-refractivity contribution in [2.45, 2.75) is 6.18 Å². The van der Waals surface area contributed by atoms with Gasteiger partial charge in [-0.05, 0) is 24.3 Å². The van der Waals surface area contributed by atoms with Crippen molar-refractivity contribution in [1.29, 1.82) is 0 Å². The van der Waals surface area contributed by atoms with Crippen LogP contribution in [0.3, 0.4) is 0 Å². The Bertz CT molecular complexity index is 1180. The van der Waals surface area contributed by atoms with Crippen LogP contribution in [0.4, 0.5) is 13.2 Å². The second kappa shape index (κ2) is 5.32. The van der Waals surface area contributed by atoms with E-state index in [1.807, 2.05) is 0 Å². The molecule has 0 saturated carbocycles. The molecule has 0 atom stereocenters. The number of halogens is 4. The van der Waals surface area contributed by atoms with E-state index < -0.39 is 17.4 Å². The highest BCUT2D eigenvalue weighted by Crippen LogP contribution is 2.31. The van der Waals surface area contributed by atoms with Crippen molar-refractivity contribution in [3.05, 3.63) is 63.9 Å². The number of pyridine rings is 2. The molecule has 0 fully saturated rings. The molecule has 9 heteroatoms. The molecule has 0 saturated heterocycles. The predicted octanol–water partition coefficient (Wildman–Crippen LogP) is 4.20. The Labute approximate surface area is 142 Å². The van der Waals surface area contributed by atoms with Crippen molar-refractivity contribution in [3.63, 3.8) is 0 Å². The molecule has 0 aliphatic heterocycles. The van der Waals surface area contributed by atoms with E-state index in [0.717, 1.165) is 17.0 Å². The summed E-state index contributed by atoms with van der Waals surface area (Å²) in [6, 6.07) is 8.32. The zero-order chi connectivity index (χ0) is 17.8. The second-order valence-corrected chi connectivity index (χ2v) is 5.59. The summed E-state index contributed by atoms with van der Waals surface area (Å²) in [5, 5.41) is 0.431. The van der Waals surface area contributed by atoms with Gasteiger partial charge in [0.1, 0.15) is 11.2 Å². The van der Waals surface area contributed by atoms with Gasteiger partial charge in [0, 0.05) is 5.39 Å². The SMILES string of the molecule is O=c1c2ocnc2c2ccc(C(F)(F)F)nc2n1-c1ccccc1Cl. The highest BCUT2D eigenvalue weighted by Gasteiger charge is 2.33. The average Bonchev–Trinajstić information content (AvgIpc) is 3.05. The van der Waals surface area contributed by atoms with Crippen LogP contribution < -0.4 is 5.56 Å². The van der Waals surface area contributed by atoms with Gasteiger partial charge in [-0.2, -0.15) is 13.2 Å². The van der Waals surface area contributed by atoms with E-state index >= 15 is 0 Å². The molecule has 0 spiro atoms. The molecule has 0 aliphatic carbocycles. The summed E-state index contributed by atoms with van der Waals surface area (Å²) in [6.07, 6.45) is -3.60. The van der Waals surface area contributed by atoms with Gasteiger partial charge in [0.25, 0.3) is 0 Å². The van der Waals surface area contributed by atoms with E-state index in [4.69, 9.17) is 16.0 Å². The average molecular weight is 366 g/mol. The van der Waals surface area contributed by atoms with Crippen molar-refractivity contribution < 1.29 is 17.6 Å². The number of benzene rings is 1. The number of fused-ring (bicyclic) bond motifs is 3. The molecular formula is C16H7ClF3N3O2. The lowest BCUT2D eigenvalue weighted by Gasteiger charge is -2.13. The Hall–Kier alpha value is -2.87. The minimum Gasteiger partial charge on any atom is -0.438 e. The van der Waals surface area contributed by atoms with Crippen LogP contribution in [-0.4, -0.2) is 14.5 Å². The van der Waals surface area contributed by atoms with Crippen LogP contribution in [0.15, 0.2) is 52.0 Å². The molecule has 0 bridgehead atoms. The summed E-state index contributed by atoms with van der Waals surface area (Å²) in [5.74, 6) is 0. The zero-order valence-corrected chi connectivity index (χ0v) is 13.0. The smallest absolute Gasteiger partial charge is 0.433 e. The first-order valence-corrected chi connectivity index (χ1v) is 7.37. The second-order valence-electron chi connectivity index (χ2n) is 5.19. The molecule has 0 N–H and O–H groups in total. The van der Waals surface area contributed by atoms with Gasteiger partial charge in [0.05, 0.1) is 10.7 Å². The third kappa shape index (κ3) is 2.37. The Balaban J connectivity index is 2.23. The molecular weight excluding hydrogens is 359 g/mol. The monoisotopic (exact) mass is 365 g/mol. The maximum absolute atomic E-state index is 13.1. The van der Waals surface area contributed by atoms with Gasteiger partial charge in [-0.1, -0.05) is 23.7 Å². The standard InChI is InChI=1S/C16H7ClF3N3O2/c17-9-3-1-2-4-10(9)23-14-8(5-6-11(22-14)16(18,19)20)12-13(15(23)24)25-7-21-12/h1-7H. The van der Waals surface area contributed by atoms with Gasteiger partial charge in [-0.15, -0.1) is 0 Å². The van der Waals surface area contributed by atoms with E-state index in [0.29, 0.717) is 0 Å². The first kappa shape index (κ1) is 15.6. The van der Waals surface area contributed by atoms with Crippen molar-refractivity contribution >= 4 is 33.7 Å². The van der Waals surface area contributed by atoms with Gasteiger partial charge in [-0.25, -0.2) is 9.97 Å². The summed E-state index contributed by atoms with van der Waals surface area (Å²) in [6.45, 7) is 0. The molecule has 3 aromatic heterocycles. The van der Waals surface area contributed by atoms with Crippen LogP contribution in [0.1, 0.15) is 5.69 Å². The van der Waals surface area contributed by atoms with Crippen LogP contribution in [0, 0.1) is 0 Å². The van der Waals surface area contributed by atoms with Gasteiger partial charge >= 0.3 is 11.7 Å². The molecule has 3 heterocycles. The number of aromatic nitrogens is 3. The van der Waals surface area contributed by atoms with E-state index in [1.54, 1.807) is 12.1 Å². The van der Waals surface area contributed by atoms with E-state index in [-0.39, 0.29) is 32.8 Å². The van der Waals surface area contributed by atoms with Gasteiger partial charge in [0.2, 0.25) is 5.58 Å². The fraction of sp³-hybridized carbons (Fsp3) is 0.0625. The quantitative estimate of drug-likeness (QED) is 0.507. The molecule has 1 aromatic carbocycles. The lowest BCUT2D eigenvalue weighted by atomic mass is 10.2. The molecule has 126 valence electrons. The van der Waals surface area contributed by atoms with Crippen molar-refractivity contribution in [2.75, 3.05) is 0 Å². The molecule has 4 rings (SSSR count). The summed E-state index contributed by atoms with van der Waals surface area (Å²) in [4.78, 5) is 20.3. The summed E-state index contributed by atoms with van der Waals surface area (Å²) in [7, 11) is 0. The zero-order valence-electron chi connectivity index (χ0n) is 12.2. The third-order valence-electron chi connectivity index (χ3n) is 3.69. The predicted molar refractivity (Wildman–Crippen MR) is 84.9 cm³/mol. The molecule has 0 unspecified atom stereocenters. The maximum Gasteiger partial charge on any atom is 0.433 e. The Morgan fingerprint density at radius 2 is 1.88 bits per heavy atom. The van der Waals surface area contributed by atoms with E-state index in [9.17, 15) is 18.0 Å². The highest BCUT2D eigenvalue weighted by atomic mass is 35.5. The minimum absolute atomic E-state index is 0.0889. The van der Waals surface area contributed by atoms with Crippen molar-refractivity contribution in [3.8, 4) is 5.69 Å². The molecule has 5 nitrogen and oxygen atoms in total. The fourth-order valence-electron chi connectivity index (χ4n) is 2.61. The number of rotatable bonds is 1. The molecule has 0 amide bonds. The molecule has 0 aliphatic rings. The van der Waals surface area contributed by atoms with Crippen LogP contribution in [0.5, 0.6) is 0 Å². The highest BCUT2D eigenvalue weighted by molar-refractivity contribution is 6.32. The number of hydrogen-bond acceptors (Lipinski definition) is 4. The topological polar surface area (TPSA) is 60.9 Å². The largest absolute Gasteiger partial charge is 0.438 e. The lowest BCUT2D eigenvalue weighted by Crippen LogP contribution is -2.21. The molecule has 4 aromatic rings. The van der Waals surface area contributed by atoms with Crippen molar-refractivity contribution in [1.82, 2.24) is 14.5 Å². The Morgan fingerprint density at radius 1 is 1.12 bits per heavy atom. The summed E-state index contributed by atoms with van der Waals surface area (Å²) < 4.78 is 45.3. The molecule has 25 heavy (non-hydrogen) atoms. The Kier molecular flexibility index (Phi) is 3.33. The van der Waals surface area contributed by atoms with Crippen LogP contribution in [-0.2, 0) is 6.18 Å². The lowest BCUT2D eigenvalue weighted by molar-refractivity contribution is -0.141. The first-order chi connectivity index (χ1) is 11.9. The van der Waals surface area contributed by atoms with Crippen molar-refractivity contribution in [2.24, 2.45) is 0 Å². The van der Waals surface area contributed by atoms with Gasteiger partial charge in [0.15, 0.2) is 12.0 Å². The van der Waals surface area contributed by atoms with E-state index in [1.165, 1.54) is 18.2 Å². The number of alkyl halides is 3. The third-order valence-corrected chi connectivity index (χ3v) is 4.01. The van der Waals surface area contributed by atoms with Crippen LogP contribution in [0.25, 0.3) is 27.8 Å². The van der Waals surface area contributed by atoms with Gasteiger partial charge in [-0.3, -0.25) is 9.36 Å². The van der Waals surface area contributed by atoms with Crippen LogP contribution >= 0.6 is 11.6 Å². The number of para-hydroxylation sites is 1. The maximum atomic E-state index is 13.1. The number of nitrogens with zero attached hydrogens (tertiary/aromatic N) is 3. The normalized spacial score (nSPS) is 12.2. The number of hydrogen-bond donors (Lipinski definition) is 0. The van der Waals surface area contributed by atoms with E-state index in [2.05, 4.69) is 9.97 Å². The van der Waals surface area contributed by atoms with Gasteiger partial charge < -0.3 is 4.42 Å².